The molecule has 0 saturated heterocycles. The molecule has 0 spiro atoms. The minimum absolute atomic E-state index is 0. The lowest BCUT2D eigenvalue weighted by Crippen LogP contribution is -2.44. The molecule has 0 aliphatic carbocycles. The molecule has 0 radical (unpaired) electrons. The van der Waals surface area contributed by atoms with Crippen molar-refractivity contribution in [1.82, 2.24) is 10.6 Å². The Morgan fingerprint density at radius 1 is 1.22 bits per heavy atom. The molecule has 0 aliphatic rings. The fourth-order valence-electron chi connectivity index (χ4n) is 1.26. The van der Waals surface area contributed by atoms with Crippen molar-refractivity contribution in [2.45, 2.75) is 26.9 Å². The van der Waals surface area contributed by atoms with E-state index < -0.39 is 0 Å². The van der Waals surface area contributed by atoms with Crippen molar-refractivity contribution < 1.29 is 14.3 Å². The Hall–Kier alpha value is -0.850. The summed E-state index contributed by atoms with van der Waals surface area (Å²) in [4.78, 5) is 22.2. The Morgan fingerprint density at radius 2 is 1.78 bits per heavy atom. The fourth-order valence-corrected chi connectivity index (χ4v) is 1.26. The summed E-state index contributed by atoms with van der Waals surface area (Å²) >= 11 is 0. The predicted molar refractivity (Wildman–Crippen MR) is 72.6 cm³/mol. The van der Waals surface area contributed by atoms with Crippen LogP contribution in [0, 0.1) is 5.41 Å². The highest BCUT2D eigenvalue weighted by Crippen LogP contribution is 2.20. The van der Waals surface area contributed by atoms with E-state index in [1.54, 1.807) is 7.11 Å². The quantitative estimate of drug-likeness (QED) is 0.621. The third-order valence-corrected chi connectivity index (χ3v) is 2.37. The van der Waals surface area contributed by atoms with Gasteiger partial charge in [-0.3, -0.25) is 9.59 Å². The highest BCUT2D eigenvalue weighted by molar-refractivity contribution is 5.85. The van der Waals surface area contributed by atoms with Gasteiger partial charge in [-0.25, -0.2) is 0 Å². The van der Waals surface area contributed by atoms with E-state index in [4.69, 9.17) is 10.5 Å². The third kappa shape index (κ3) is 8.27. The topological polar surface area (TPSA) is 93.5 Å². The van der Waals surface area contributed by atoms with Gasteiger partial charge in [0.25, 0.3) is 0 Å². The molecule has 18 heavy (non-hydrogen) atoms. The molecule has 0 bridgehead atoms. The normalized spacial score (nSPS) is 12.3. The molecule has 1 atom stereocenters. The number of ether oxygens (including phenoxy) is 1. The summed E-state index contributed by atoms with van der Waals surface area (Å²) in [6.07, 6.45) is -0.0725. The number of amides is 2. The Kier molecular flexibility index (Phi) is 9.88. The summed E-state index contributed by atoms with van der Waals surface area (Å²) in [5.41, 5.74) is 5.04. The zero-order valence-corrected chi connectivity index (χ0v) is 12.2. The molecule has 2 amide bonds. The molecule has 6 nitrogen and oxygen atoms in total. The van der Waals surface area contributed by atoms with Crippen LogP contribution in [0.2, 0.25) is 0 Å². The van der Waals surface area contributed by atoms with Crippen molar-refractivity contribution in [2.75, 3.05) is 26.7 Å². The second-order valence-corrected chi connectivity index (χ2v) is 4.88. The summed E-state index contributed by atoms with van der Waals surface area (Å²) in [6, 6.07) is 0. The van der Waals surface area contributed by atoms with Crippen LogP contribution in [-0.4, -0.2) is 44.7 Å². The molecule has 1 unspecified atom stereocenters. The first kappa shape index (κ1) is 19.5. The van der Waals surface area contributed by atoms with Gasteiger partial charge in [-0.05, 0) is 5.41 Å². The van der Waals surface area contributed by atoms with E-state index >= 15 is 0 Å². The highest BCUT2D eigenvalue weighted by atomic mass is 35.5. The van der Waals surface area contributed by atoms with Gasteiger partial charge in [0.15, 0.2) is 0 Å². The molecule has 108 valence electrons. The van der Waals surface area contributed by atoms with Crippen LogP contribution in [0.15, 0.2) is 0 Å². The van der Waals surface area contributed by atoms with Crippen molar-refractivity contribution in [3.8, 4) is 0 Å². The second kappa shape index (κ2) is 9.13. The summed E-state index contributed by atoms with van der Waals surface area (Å²) in [7, 11) is 1.61. The van der Waals surface area contributed by atoms with E-state index in [2.05, 4.69) is 10.6 Å². The fraction of sp³-hybridized carbons (Fsp3) is 0.818. The third-order valence-electron chi connectivity index (χ3n) is 2.37. The molecule has 0 rings (SSSR count). The van der Waals surface area contributed by atoms with Crippen LogP contribution in [0.3, 0.4) is 0 Å². The van der Waals surface area contributed by atoms with Crippen molar-refractivity contribution in [1.29, 1.82) is 0 Å². The molecular weight excluding hydrogens is 258 g/mol. The summed E-state index contributed by atoms with van der Waals surface area (Å²) < 4.78 is 5.29. The molecule has 0 aromatic heterocycles. The zero-order chi connectivity index (χ0) is 13.5. The Labute approximate surface area is 114 Å². The number of methoxy groups -OCH3 is 1. The standard InChI is InChI=1S/C11H23N3O3.ClH/c1-11(2,3)8(17-4)6-13-10(16)7-14-9(15)5-12;/h8H,5-7,12H2,1-4H3,(H,13,16)(H,14,15);1H. The van der Waals surface area contributed by atoms with E-state index in [1.807, 2.05) is 20.8 Å². The van der Waals surface area contributed by atoms with Crippen LogP contribution in [0.1, 0.15) is 20.8 Å². The molecule has 0 fully saturated rings. The molecule has 0 aromatic carbocycles. The molecular formula is C11H24ClN3O3. The lowest BCUT2D eigenvalue weighted by molar-refractivity contribution is -0.125. The highest BCUT2D eigenvalue weighted by Gasteiger charge is 2.24. The van der Waals surface area contributed by atoms with Gasteiger partial charge in [0.05, 0.1) is 19.2 Å². The van der Waals surface area contributed by atoms with E-state index in [0.717, 1.165) is 0 Å². The van der Waals surface area contributed by atoms with Gasteiger partial charge in [-0.2, -0.15) is 0 Å². The van der Waals surface area contributed by atoms with Crippen LogP contribution < -0.4 is 16.4 Å². The molecule has 0 aliphatic heterocycles. The number of nitrogens with two attached hydrogens (primary N) is 1. The van der Waals surface area contributed by atoms with Gasteiger partial charge >= 0.3 is 0 Å². The maximum Gasteiger partial charge on any atom is 0.239 e. The second-order valence-electron chi connectivity index (χ2n) is 4.88. The summed E-state index contributed by atoms with van der Waals surface area (Å²) in [6.45, 7) is 6.33. The Morgan fingerprint density at radius 3 is 2.17 bits per heavy atom. The van der Waals surface area contributed by atoms with Gasteiger partial charge in [-0.1, -0.05) is 20.8 Å². The largest absolute Gasteiger partial charge is 0.379 e. The van der Waals surface area contributed by atoms with Gasteiger partial charge < -0.3 is 21.1 Å². The molecule has 0 saturated carbocycles. The summed E-state index contributed by atoms with van der Waals surface area (Å²) in [5.74, 6) is -0.600. The van der Waals surface area contributed by atoms with Gasteiger partial charge in [0.2, 0.25) is 11.8 Å². The number of hydrogen-bond donors (Lipinski definition) is 3. The first-order valence-corrected chi connectivity index (χ1v) is 5.57. The molecule has 0 aromatic rings. The lowest BCUT2D eigenvalue weighted by Gasteiger charge is -2.29. The number of hydrogen-bond acceptors (Lipinski definition) is 4. The minimum atomic E-state index is -0.348. The maximum absolute atomic E-state index is 11.4. The monoisotopic (exact) mass is 281 g/mol. The van der Waals surface area contributed by atoms with E-state index in [-0.39, 0.29) is 48.8 Å². The average Bonchev–Trinajstić information content (AvgIpc) is 2.24. The first-order chi connectivity index (χ1) is 7.81. The van der Waals surface area contributed by atoms with Crippen molar-refractivity contribution in [3.63, 3.8) is 0 Å². The van der Waals surface area contributed by atoms with Crippen molar-refractivity contribution in [3.05, 3.63) is 0 Å². The van der Waals surface area contributed by atoms with Gasteiger partial charge in [0, 0.05) is 13.7 Å². The number of carbonyl (C=O) groups is 2. The first-order valence-electron chi connectivity index (χ1n) is 5.57. The predicted octanol–water partition coefficient (Wildman–Crippen LogP) is -0.340. The summed E-state index contributed by atoms with van der Waals surface area (Å²) in [5, 5.41) is 5.10. The molecule has 0 heterocycles. The number of halogens is 1. The van der Waals surface area contributed by atoms with Crippen molar-refractivity contribution in [2.24, 2.45) is 11.1 Å². The SMILES string of the molecule is COC(CNC(=O)CNC(=O)CN)C(C)(C)C.Cl. The minimum Gasteiger partial charge on any atom is -0.379 e. The lowest BCUT2D eigenvalue weighted by atomic mass is 9.89. The Bertz CT molecular complexity index is 267. The van der Waals surface area contributed by atoms with E-state index in [1.165, 1.54) is 0 Å². The smallest absolute Gasteiger partial charge is 0.239 e. The number of rotatable bonds is 6. The maximum atomic E-state index is 11.4. The van der Waals surface area contributed by atoms with E-state index in [0.29, 0.717) is 6.54 Å². The van der Waals surface area contributed by atoms with Crippen LogP contribution in [-0.2, 0) is 14.3 Å². The van der Waals surface area contributed by atoms with Gasteiger partial charge in [0.1, 0.15) is 0 Å². The van der Waals surface area contributed by atoms with Gasteiger partial charge in [-0.15, -0.1) is 12.4 Å². The molecule has 4 N–H and O–H groups in total. The van der Waals surface area contributed by atoms with Crippen LogP contribution >= 0.6 is 12.4 Å². The van der Waals surface area contributed by atoms with Crippen LogP contribution in [0.5, 0.6) is 0 Å². The van der Waals surface area contributed by atoms with Crippen LogP contribution in [0.4, 0.5) is 0 Å². The number of nitrogens with one attached hydrogen (secondary N) is 2. The van der Waals surface area contributed by atoms with Crippen molar-refractivity contribution >= 4 is 24.2 Å². The van der Waals surface area contributed by atoms with E-state index in [9.17, 15) is 9.59 Å². The molecule has 7 heteroatoms. The Balaban J connectivity index is 0. The average molecular weight is 282 g/mol. The zero-order valence-electron chi connectivity index (χ0n) is 11.4. The number of carbonyl (C=O) groups excluding carboxylic acids is 2. The van der Waals surface area contributed by atoms with Crippen LogP contribution in [0.25, 0.3) is 0 Å².